The molecule has 4 nitrogen and oxygen atoms in total. The molecule has 0 aromatic carbocycles. The Kier molecular flexibility index (Phi) is 5.84. The second kappa shape index (κ2) is 7.21. The van der Waals surface area contributed by atoms with Crippen LogP contribution in [0.15, 0.2) is 0 Å². The molecular formula is C16H33N3O. The number of hydrogen-bond donors (Lipinski definition) is 2. The van der Waals surface area contributed by atoms with E-state index < -0.39 is 5.54 Å². The Morgan fingerprint density at radius 2 is 1.80 bits per heavy atom. The van der Waals surface area contributed by atoms with Gasteiger partial charge in [0.2, 0.25) is 0 Å². The first-order valence-electron chi connectivity index (χ1n) is 8.36. The van der Waals surface area contributed by atoms with Crippen LogP contribution in [-0.4, -0.2) is 65.8 Å². The summed E-state index contributed by atoms with van der Waals surface area (Å²) in [5.41, 5.74) is 5.64. The van der Waals surface area contributed by atoms with Crippen molar-refractivity contribution in [2.75, 3.05) is 39.3 Å². The van der Waals surface area contributed by atoms with Crippen molar-refractivity contribution in [3.63, 3.8) is 0 Å². The van der Waals surface area contributed by atoms with Crippen molar-refractivity contribution < 1.29 is 5.11 Å². The fourth-order valence-electron chi connectivity index (χ4n) is 3.78. The van der Waals surface area contributed by atoms with Gasteiger partial charge in [-0.3, -0.25) is 0 Å². The van der Waals surface area contributed by atoms with Crippen LogP contribution in [0, 0.1) is 5.92 Å². The summed E-state index contributed by atoms with van der Waals surface area (Å²) in [5.74, 6) is 0.888. The largest absolute Gasteiger partial charge is 0.394 e. The summed E-state index contributed by atoms with van der Waals surface area (Å²) in [6.07, 6.45) is 6.31. The smallest absolute Gasteiger partial charge is 0.0609 e. The zero-order valence-electron chi connectivity index (χ0n) is 13.4. The summed E-state index contributed by atoms with van der Waals surface area (Å²) in [4.78, 5) is 5.20. The Morgan fingerprint density at radius 1 is 1.20 bits per heavy atom. The highest BCUT2D eigenvalue weighted by Crippen LogP contribution is 2.24. The molecule has 2 heterocycles. The Hall–Kier alpha value is -0.160. The second-order valence-corrected chi connectivity index (χ2v) is 7.35. The van der Waals surface area contributed by atoms with Gasteiger partial charge in [0.1, 0.15) is 0 Å². The van der Waals surface area contributed by atoms with Gasteiger partial charge in [0.05, 0.1) is 6.61 Å². The van der Waals surface area contributed by atoms with Gasteiger partial charge in [0.15, 0.2) is 0 Å². The third kappa shape index (κ3) is 4.69. The highest BCUT2D eigenvalue weighted by Gasteiger charge is 2.28. The van der Waals surface area contributed by atoms with Gasteiger partial charge in [-0.2, -0.15) is 0 Å². The average Bonchev–Trinajstić information content (AvgIpc) is 2.92. The van der Waals surface area contributed by atoms with E-state index in [1.54, 1.807) is 0 Å². The fraction of sp³-hybridized carbons (Fsp3) is 1.00. The summed E-state index contributed by atoms with van der Waals surface area (Å²) in [7, 11) is 0. The molecule has 20 heavy (non-hydrogen) atoms. The number of likely N-dealkylation sites (tertiary alicyclic amines) is 2. The van der Waals surface area contributed by atoms with Gasteiger partial charge in [0, 0.05) is 18.1 Å². The SMILES string of the molecule is CC(CC(C)(N)CO)N1CCC(CN2CCCC2)CC1. The lowest BCUT2D eigenvalue weighted by Crippen LogP contribution is -2.49. The maximum atomic E-state index is 9.29. The highest BCUT2D eigenvalue weighted by molar-refractivity contribution is 4.86. The average molecular weight is 283 g/mol. The predicted molar refractivity (Wildman–Crippen MR) is 83.7 cm³/mol. The quantitative estimate of drug-likeness (QED) is 0.771. The van der Waals surface area contributed by atoms with E-state index in [-0.39, 0.29) is 6.61 Å². The van der Waals surface area contributed by atoms with E-state index >= 15 is 0 Å². The number of aliphatic hydroxyl groups excluding tert-OH is 1. The number of nitrogens with zero attached hydrogens (tertiary/aromatic N) is 2. The van der Waals surface area contributed by atoms with Crippen LogP contribution in [-0.2, 0) is 0 Å². The van der Waals surface area contributed by atoms with E-state index in [0.717, 1.165) is 12.3 Å². The van der Waals surface area contributed by atoms with Crippen LogP contribution in [0.3, 0.4) is 0 Å². The van der Waals surface area contributed by atoms with Crippen LogP contribution >= 0.6 is 0 Å². The Labute approximate surface area is 124 Å². The molecule has 0 saturated carbocycles. The third-order valence-electron chi connectivity index (χ3n) is 5.11. The molecule has 2 aliphatic heterocycles. The first-order valence-corrected chi connectivity index (χ1v) is 8.36. The predicted octanol–water partition coefficient (Wildman–Crippen LogP) is 1.28. The number of rotatable bonds is 6. The van der Waals surface area contributed by atoms with E-state index in [2.05, 4.69) is 16.7 Å². The zero-order chi connectivity index (χ0) is 14.6. The second-order valence-electron chi connectivity index (χ2n) is 7.35. The Morgan fingerprint density at radius 3 is 2.35 bits per heavy atom. The van der Waals surface area contributed by atoms with Gasteiger partial charge in [0.25, 0.3) is 0 Å². The molecule has 2 aliphatic rings. The van der Waals surface area contributed by atoms with E-state index in [0.29, 0.717) is 6.04 Å². The molecule has 4 heteroatoms. The summed E-state index contributed by atoms with van der Waals surface area (Å²) < 4.78 is 0. The van der Waals surface area contributed by atoms with E-state index in [9.17, 15) is 5.11 Å². The number of aliphatic hydroxyl groups is 1. The minimum absolute atomic E-state index is 0.0722. The molecule has 2 rings (SSSR count). The van der Waals surface area contributed by atoms with Gasteiger partial charge in [-0.25, -0.2) is 0 Å². The van der Waals surface area contributed by atoms with Crippen LogP contribution in [0.2, 0.25) is 0 Å². The zero-order valence-corrected chi connectivity index (χ0v) is 13.4. The topological polar surface area (TPSA) is 52.7 Å². The van der Waals surface area contributed by atoms with E-state index in [1.807, 2.05) is 6.92 Å². The molecule has 0 radical (unpaired) electrons. The van der Waals surface area contributed by atoms with Crippen molar-refractivity contribution in [3.8, 4) is 0 Å². The molecule has 0 aliphatic carbocycles. The van der Waals surface area contributed by atoms with Crippen LogP contribution in [0.1, 0.15) is 46.0 Å². The van der Waals surface area contributed by atoms with Crippen molar-refractivity contribution in [2.24, 2.45) is 11.7 Å². The monoisotopic (exact) mass is 283 g/mol. The lowest BCUT2D eigenvalue weighted by Gasteiger charge is -2.39. The third-order valence-corrected chi connectivity index (χ3v) is 5.11. The van der Waals surface area contributed by atoms with Gasteiger partial charge in [-0.15, -0.1) is 0 Å². The normalized spacial score (nSPS) is 27.6. The van der Waals surface area contributed by atoms with Gasteiger partial charge >= 0.3 is 0 Å². The van der Waals surface area contributed by atoms with Crippen molar-refractivity contribution in [2.45, 2.75) is 57.5 Å². The van der Waals surface area contributed by atoms with Crippen molar-refractivity contribution >= 4 is 0 Å². The summed E-state index contributed by atoms with van der Waals surface area (Å²) in [6.45, 7) is 10.6. The fourth-order valence-corrected chi connectivity index (χ4v) is 3.78. The molecule has 2 saturated heterocycles. The number of piperidine rings is 1. The van der Waals surface area contributed by atoms with Crippen molar-refractivity contribution in [1.82, 2.24) is 9.80 Å². The van der Waals surface area contributed by atoms with Gasteiger partial charge in [-0.1, -0.05) is 0 Å². The van der Waals surface area contributed by atoms with Crippen molar-refractivity contribution in [1.29, 1.82) is 0 Å². The molecule has 118 valence electrons. The summed E-state index contributed by atoms with van der Waals surface area (Å²) in [5, 5.41) is 9.29. The first-order chi connectivity index (χ1) is 9.50. The van der Waals surface area contributed by atoms with Crippen LogP contribution in [0.4, 0.5) is 0 Å². The standard InChI is InChI=1S/C16H33N3O/c1-14(11-16(2,17)13-20)19-9-5-15(6-10-19)12-18-7-3-4-8-18/h14-15,20H,3-13,17H2,1-2H3. The molecule has 2 fully saturated rings. The maximum absolute atomic E-state index is 9.29. The molecule has 0 amide bonds. The maximum Gasteiger partial charge on any atom is 0.0609 e. The molecular weight excluding hydrogens is 250 g/mol. The number of nitrogens with two attached hydrogens (primary N) is 1. The highest BCUT2D eigenvalue weighted by atomic mass is 16.3. The van der Waals surface area contributed by atoms with Crippen LogP contribution in [0.25, 0.3) is 0 Å². The van der Waals surface area contributed by atoms with Crippen LogP contribution in [0.5, 0.6) is 0 Å². The molecule has 0 bridgehead atoms. The molecule has 0 spiro atoms. The van der Waals surface area contributed by atoms with E-state index in [4.69, 9.17) is 5.73 Å². The van der Waals surface area contributed by atoms with Gasteiger partial charge < -0.3 is 20.6 Å². The molecule has 0 aromatic rings. The van der Waals surface area contributed by atoms with Gasteiger partial charge in [-0.05, 0) is 78.0 Å². The van der Waals surface area contributed by atoms with Crippen molar-refractivity contribution in [3.05, 3.63) is 0 Å². The molecule has 3 N–H and O–H groups in total. The Balaban J connectivity index is 1.70. The molecule has 2 unspecified atom stereocenters. The van der Waals surface area contributed by atoms with E-state index in [1.165, 1.54) is 58.4 Å². The lowest BCUT2D eigenvalue weighted by atomic mass is 9.91. The lowest BCUT2D eigenvalue weighted by molar-refractivity contribution is 0.0942. The molecule has 2 atom stereocenters. The Bertz CT molecular complexity index is 281. The summed E-state index contributed by atoms with van der Waals surface area (Å²) in [6, 6.07) is 0.477. The number of hydrogen-bond acceptors (Lipinski definition) is 4. The minimum Gasteiger partial charge on any atom is -0.394 e. The first kappa shape index (κ1) is 16.2. The molecule has 0 aromatic heterocycles. The minimum atomic E-state index is -0.439. The summed E-state index contributed by atoms with van der Waals surface area (Å²) >= 11 is 0. The van der Waals surface area contributed by atoms with Crippen LogP contribution < -0.4 is 5.73 Å².